The van der Waals surface area contributed by atoms with Crippen LogP contribution in [-0.4, -0.2) is 39.8 Å². The molecule has 4 nitrogen and oxygen atoms in total. The molecule has 13 heavy (non-hydrogen) atoms. The maximum atomic E-state index is 11.0. The van der Waals surface area contributed by atoms with E-state index in [-0.39, 0.29) is 12.9 Å². The molecule has 72 valence electrons. The minimum atomic E-state index is -0.383. The van der Waals surface area contributed by atoms with Crippen LogP contribution >= 0.6 is 0 Å². The summed E-state index contributed by atoms with van der Waals surface area (Å²) in [5, 5.41) is 0. The maximum Gasteiger partial charge on any atom is 0.399 e. The van der Waals surface area contributed by atoms with Crippen molar-refractivity contribution in [3.63, 3.8) is 0 Å². The Morgan fingerprint density at radius 2 is 2.23 bits per heavy atom. The number of amides is 1. The molecule has 0 aliphatic carbocycles. The number of allylic oxidation sites excluding steroid dienone is 1. The van der Waals surface area contributed by atoms with Gasteiger partial charge in [0.2, 0.25) is 6.79 Å². The Morgan fingerprint density at radius 3 is 2.69 bits per heavy atom. The lowest BCUT2D eigenvalue weighted by Crippen LogP contribution is -2.31. The van der Waals surface area contributed by atoms with Crippen molar-refractivity contribution in [1.29, 1.82) is 0 Å². The van der Waals surface area contributed by atoms with Crippen LogP contribution in [0.25, 0.3) is 0 Å². The van der Waals surface area contributed by atoms with Gasteiger partial charge in [0.15, 0.2) is 7.31 Å². The van der Waals surface area contributed by atoms with Crippen LogP contribution in [0.3, 0.4) is 0 Å². The highest BCUT2D eigenvalue weighted by Gasteiger charge is 2.07. The Hall–Kier alpha value is -1.06. The first-order chi connectivity index (χ1) is 6.11. The fourth-order valence-electron chi connectivity index (χ4n) is 0.505. The third-order valence-electron chi connectivity index (χ3n) is 1.63. The molecule has 0 N–H and O–H groups in total. The van der Waals surface area contributed by atoms with Crippen LogP contribution in [0.2, 0.25) is 0 Å². The molecule has 0 atom stereocenters. The molecule has 1 amide bonds. The SMILES string of the molecule is BBN(C)C(=O)OCOC(=C)CC. The van der Waals surface area contributed by atoms with E-state index in [1.54, 1.807) is 7.05 Å². The maximum absolute atomic E-state index is 11.0. The van der Waals surface area contributed by atoms with E-state index < -0.39 is 0 Å². The van der Waals surface area contributed by atoms with Crippen molar-refractivity contribution < 1.29 is 14.3 Å². The molecule has 0 aliphatic heterocycles. The van der Waals surface area contributed by atoms with Crippen LogP contribution in [0.15, 0.2) is 12.3 Å². The Labute approximate surface area is 80.5 Å². The van der Waals surface area contributed by atoms with Gasteiger partial charge in [-0.3, -0.25) is 0 Å². The van der Waals surface area contributed by atoms with Crippen LogP contribution < -0.4 is 0 Å². The average molecular weight is 183 g/mol. The Kier molecular flexibility index (Phi) is 5.93. The molecule has 0 radical (unpaired) electrons. The predicted molar refractivity (Wildman–Crippen MR) is 55.3 cm³/mol. The lowest BCUT2D eigenvalue weighted by atomic mass is 9.66. The van der Waals surface area contributed by atoms with Crippen molar-refractivity contribution in [3.05, 3.63) is 12.3 Å². The summed E-state index contributed by atoms with van der Waals surface area (Å²) in [4.78, 5) is 12.5. The number of ether oxygens (including phenoxy) is 2. The summed E-state index contributed by atoms with van der Waals surface area (Å²) in [5.41, 5.74) is 0. The predicted octanol–water partition coefficient (Wildman–Crippen LogP) is -0.148. The van der Waals surface area contributed by atoms with Crippen molar-refractivity contribution >= 4 is 21.1 Å². The number of hydrogen-bond donors (Lipinski definition) is 0. The number of rotatable bonds is 5. The number of nitrogens with zero attached hydrogens (tertiary/aromatic N) is 1. The van der Waals surface area contributed by atoms with E-state index in [4.69, 9.17) is 9.47 Å². The molecule has 0 heterocycles. The standard InChI is InChI=1S/C7H15B2NO3/c1-4-6(2)12-5-13-7(11)10(3)9-8/h9H,2,4-5,8H2,1,3H3. The highest BCUT2D eigenvalue weighted by atomic mass is 16.7. The van der Waals surface area contributed by atoms with E-state index in [1.807, 2.05) is 14.7 Å². The first-order valence-corrected chi connectivity index (χ1v) is 4.30. The number of carbonyl (C=O) groups is 1. The van der Waals surface area contributed by atoms with Gasteiger partial charge in [-0.2, -0.15) is 0 Å². The van der Waals surface area contributed by atoms with Gasteiger partial charge in [0.05, 0.1) is 13.5 Å². The molecule has 0 aromatic heterocycles. The molecule has 0 aromatic rings. The first kappa shape index (κ1) is 11.9. The first-order valence-electron chi connectivity index (χ1n) is 4.30. The van der Waals surface area contributed by atoms with Crippen LogP contribution in [-0.2, 0) is 9.47 Å². The molecule has 0 aliphatic rings. The molecule has 0 unspecified atom stereocenters. The molecular formula is C7H15B2NO3. The van der Waals surface area contributed by atoms with Crippen molar-refractivity contribution in [1.82, 2.24) is 4.81 Å². The van der Waals surface area contributed by atoms with E-state index in [2.05, 4.69) is 6.58 Å². The zero-order chi connectivity index (χ0) is 10.3. The van der Waals surface area contributed by atoms with E-state index in [1.165, 1.54) is 4.81 Å². The van der Waals surface area contributed by atoms with E-state index in [9.17, 15) is 4.79 Å². The summed E-state index contributed by atoms with van der Waals surface area (Å²) in [6.45, 7) is 5.47. The summed E-state index contributed by atoms with van der Waals surface area (Å²) >= 11 is 0. The highest BCUT2D eigenvalue weighted by Crippen LogP contribution is 1.98. The summed E-state index contributed by atoms with van der Waals surface area (Å²) in [6, 6.07) is 0. The summed E-state index contributed by atoms with van der Waals surface area (Å²) in [7, 11) is 4.15. The minimum Gasteiger partial charge on any atom is -0.462 e. The summed E-state index contributed by atoms with van der Waals surface area (Å²) < 4.78 is 9.76. The molecule has 0 saturated carbocycles. The van der Waals surface area contributed by atoms with E-state index in [0.29, 0.717) is 13.1 Å². The van der Waals surface area contributed by atoms with Crippen molar-refractivity contribution in [3.8, 4) is 0 Å². The van der Waals surface area contributed by atoms with Crippen LogP contribution in [0, 0.1) is 0 Å². The molecule has 0 aromatic carbocycles. The Morgan fingerprint density at radius 1 is 1.62 bits per heavy atom. The monoisotopic (exact) mass is 183 g/mol. The van der Waals surface area contributed by atoms with Gasteiger partial charge in [0.25, 0.3) is 0 Å². The second kappa shape index (κ2) is 6.46. The van der Waals surface area contributed by atoms with Gasteiger partial charge in [0.1, 0.15) is 0 Å². The van der Waals surface area contributed by atoms with Gasteiger partial charge in [-0.25, -0.2) is 4.79 Å². The van der Waals surface area contributed by atoms with Crippen molar-refractivity contribution in [2.45, 2.75) is 13.3 Å². The average Bonchev–Trinajstić information content (AvgIpc) is 2.15. The lowest BCUT2D eigenvalue weighted by molar-refractivity contribution is 0.0112. The van der Waals surface area contributed by atoms with Crippen LogP contribution in [0.4, 0.5) is 4.79 Å². The summed E-state index contributed by atoms with van der Waals surface area (Å²) in [6.07, 6.45) is 0.340. The smallest absolute Gasteiger partial charge is 0.399 e. The molecule has 0 rings (SSSR count). The second-order valence-corrected chi connectivity index (χ2v) is 2.58. The van der Waals surface area contributed by atoms with Crippen LogP contribution in [0.1, 0.15) is 13.3 Å². The fourth-order valence-corrected chi connectivity index (χ4v) is 0.505. The van der Waals surface area contributed by atoms with E-state index in [0.717, 1.165) is 6.42 Å². The van der Waals surface area contributed by atoms with Gasteiger partial charge in [-0.15, -0.1) is 0 Å². The highest BCUT2D eigenvalue weighted by molar-refractivity contribution is 6.88. The van der Waals surface area contributed by atoms with Gasteiger partial charge < -0.3 is 14.3 Å². The van der Waals surface area contributed by atoms with Crippen molar-refractivity contribution in [2.75, 3.05) is 13.8 Å². The Balaban J connectivity index is 3.53. The molecule has 0 bridgehead atoms. The largest absolute Gasteiger partial charge is 0.462 e. The zero-order valence-corrected chi connectivity index (χ0v) is 8.50. The quantitative estimate of drug-likeness (QED) is 0.338. The normalized spacial score (nSPS) is 8.77. The van der Waals surface area contributed by atoms with Gasteiger partial charge >= 0.3 is 6.09 Å². The van der Waals surface area contributed by atoms with Crippen molar-refractivity contribution in [2.24, 2.45) is 0 Å². The molecule has 0 spiro atoms. The Bertz CT molecular complexity index is 187. The fraction of sp³-hybridized carbons (Fsp3) is 0.571. The number of carbonyl (C=O) groups excluding carboxylic acids is 1. The molecule has 6 heteroatoms. The number of hydrogen-bond acceptors (Lipinski definition) is 3. The van der Waals surface area contributed by atoms with Gasteiger partial charge in [-0.1, -0.05) is 13.5 Å². The molecule has 0 fully saturated rings. The van der Waals surface area contributed by atoms with Gasteiger partial charge in [0, 0.05) is 6.42 Å². The van der Waals surface area contributed by atoms with E-state index >= 15 is 0 Å². The second-order valence-electron chi connectivity index (χ2n) is 2.58. The van der Waals surface area contributed by atoms with Gasteiger partial charge in [-0.05, 0) is 7.05 Å². The molecular weight excluding hydrogens is 168 g/mol. The molecule has 0 saturated heterocycles. The zero-order valence-electron chi connectivity index (χ0n) is 8.50. The lowest BCUT2D eigenvalue weighted by Gasteiger charge is -2.14. The summed E-state index contributed by atoms with van der Waals surface area (Å²) in [5.74, 6) is 0.618. The third kappa shape index (κ3) is 5.22. The third-order valence-corrected chi connectivity index (χ3v) is 1.63. The topological polar surface area (TPSA) is 38.8 Å². The minimum absolute atomic E-state index is 0.0597. The van der Waals surface area contributed by atoms with Crippen LogP contribution in [0.5, 0.6) is 0 Å².